The van der Waals surface area contributed by atoms with Crippen molar-refractivity contribution >= 4 is 35.8 Å². The van der Waals surface area contributed by atoms with E-state index in [1.54, 1.807) is 19.0 Å². The molecule has 186 valence electrons. The number of likely N-dealkylation sites (N-methyl/N-ethyl adjacent to an activating group) is 1. The van der Waals surface area contributed by atoms with E-state index >= 15 is 0 Å². The average Bonchev–Trinajstić information content (AvgIpc) is 3.14. The molecule has 3 rings (SSSR count). The molecule has 33 heavy (non-hydrogen) atoms. The molecule has 0 saturated carbocycles. The molecule has 1 amide bonds. The number of carbonyl (C=O) groups is 1. The van der Waals surface area contributed by atoms with Crippen molar-refractivity contribution in [3.63, 3.8) is 0 Å². The summed E-state index contributed by atoms with van der Waals surface area (Å²) >= 11 is 0. The number of nitrogens with zero attached hydrogens (tertiary/aromatic N) is 4. The molecule has 2 aliphatic rings. The second-order valence-corrected chi connectivity index (χ2v) is 9.91. The molecule has 2 N–H and O–H groups in total. The number of likely N-dealkylation sites (tertiary alicyclic amines) is 2. The highest BCUT2D eigenvalue weighted by Crippen LogP contribution is 2.19. The molecule has 7 nitrogen and oxygen atoms in total. The Morgan fingerprint density at radius 3 is 2.36 bits per heavy atom. The number of hydrogen-bond acceptors (Lipinski definition) is 4. The SMILES string of the molecule is CC1CN(C(C)C)CC1NC(=NCC(=O)N(C)C)NC1CCN(Cc2ccccc2)CC1.I. The van der Waals surface area contributed by atoms with E-state index in [2.05, 4.69) is 76.5 Å². The lowest BCUT2D eigenvalue weighted by Gasteiger charge is -2.33. The first-order valence-corrected chi connectivity index (χ1v) is 12.1. The molecule has 2 saturated heterocycles. The smallest absolute Gasteiger partial charge is 0.243 e. The maximum Gasteiger partial charge on any atom is 0.243 e. The third-order valence-electron chi connectivity index (χ3n) is 6.74. The highest BCUT2D eigenvalue weighted by molar-refractivity contribution is 14.0. The quantitative estimate of drug-likeness (QED) is 0.300. The molecule has 0 spiro atoms. The number of piperidine rings is 1. The van der Waals surface area contributed by atoms with Gasteiger partial charge in [-0.05, 0) is 38.2 Å². The fraction of sp³-hybridized carbons (Fsp3) is 0.680. The number of hydrogen-bond donors (Lipinski definition) is 2. The largest absolute Gasteiger partial charge is 0.354 e. The minimum Gasteiger partial charge on any atom is -0.354 e. The zero-order chi connectivity index (χ0) is 23.1. The second kappa shape index (κ2) is 13.5. The van der Waals surface area contributed by atoms with Crippen molar-refractivity contribution in [3.05, 3.63) is 35.9 Å². The van der Waals surface area contributed by atoms with Crippen LogP contribution in [0.4, 0.5) is 0 Å². The summed E-state index contributed by atoms with van der Waals surface area (Å²) < 4.78 is 0. The highest BCUT2D eigenvalue weighted by atomic mass is 127. The Kier molecular flexibility index (Phi) is 11.4. The van der Waals surface area contributed by atoms with Gasteiger partial charge < -0.3 is 15.5 Å². The van der Waals surface area contributed by atoms with Gasteiger partial charge in [-0.25, -0.2) is 4.99 Å². The molecule has 0 aliphatic carbocycles. The van der Waals surface area contributed by atoms with Crippen molar-refractivity contribution in [3.8, 4) is 0 Å². The van der Waals surface area contributed by atoms with Crippen LogP contribution in [0.25, 0.3) is 0 Å². The standard InChI is InChI=1S/C25H42N6O.HI/c1-19(2)31-16-20(3)23(18-31)28-25(26-15-24(32)29(4)5)27-22-11-13-30(14-12-22)17-21-9-7-6-8-10-21;/h6-10,19-20,22-23H,11-18H2,1-5H3,(H2,26,27,28);1H. The predicted molar refractivity (Wildman–Crippen MR) is 147 cm³/mol. The minimum absolute atomic E-state index is 0. The average molecular weight is 571 g/mol. The zero-order valence-corrected chi connectivity index (χ0v) is 23.3. The van der Waals surface area contributed by atoms with Crippen LogP contribution in [0.1, 0.15) is 39.2 Å². The molecule has 8 heteroatoms. The zero-order valence-electron chi connectivity index (χ0n) is 21.0. The molecule has 2 unspecified atom stereocenters. The third-order valence-corrected chi connectivity index (χ3v) is 6.74. The van der Waals surface area contributed by atoms with E-state index in [-0.39, 0.29) is 36.4 Å². The van der Waals surface area contributed by atoms with Crippen LogP contribution in [0.15, 0.2) is 35.3 Å². The summed E-state index contributed by atoms with van der Waals surface area (Å²) in [6.07, 6.45) is 2.15. The van der Waals surface area contributed by atoms with Gasteiger partial charge in [0.2, 0.25) is 5.91 Å². The van der Waals surface area contributed by atoms with Gasteiger partial charge in [0, 0.05) is 64.9 Å². The Morgan fingerprint density at radius 1 is 1.12 bits per heavy atom. The summed E-state index contributed by atoms with van der Waals surface area (Å²) in [5, 5.41) is 7.31. The summed E-state index contributed by atoms with van der Waals surface area (Å²) in [6, 6.07) is 11.9. The Morgan fingerprint density at radius 2 is 1.79 bits per heavy atom. The van der Waals surface area contributed by atoms with E-state index < -0.39 is 0 Å². The van der Waals surface area contributed by atoms with Gasteiger partial charge in [-0.3, -0.25) is 14.6 Å². The summed E-state index contributed by atoms with van der Waals surface area (Å²) in [4.78, 5) is 23.4. The van der Waals surface area contributed by atoms with Crippen LogP contribution in [-0.2, 0) is 11.3 Å². The normalized spacial score (nSPS) is 22.8. The fourth-order valence-electron chi connectivity index (χ4n) is 4.48. The Balaban J connectivity index is 0.00000385. The Labute approximate surface area is 217 Å². The molecule has 1 aromatic rings. The topological polar surface area (TPSA) is 63.2 Å². The predicted octanol–water partition coefficient (Wildman–Crippen LogP) is 2.62. The van der Waals surface area contributed by atoms with Gasteiger partial charge in [0.15, 0.2) is 5.96 Å². The van der Waals surface area contributed by atoms with Crippen molar-refractivity contribution in [2.75, 3.05) is 46.8 Å². The lowest BCUT2D eigenvalue weighted by atomic mass is 10.0. The van der Waals surface area contributed by atoms with E-state index in [4.69, 9.17) is 0 Å². The number of carbonyl (C=O) groups excluding carboxylic acids is 1. The molecule has 2 aliphatic heterocycles. The number of nitrogens with one attached hydrogen (secondary N) is 2. The molecule has 2 fully saturated rings. The molecule has 0 aromatic heterocycles. The first kappa shape index (κ1) is 27.9. The van der Waals surface area contributed by atoms with E-state index in [1.165, 1.54) is 5.56 Å². The van der Waals surface area contributed by atoms with Crippen LogP contribution in [0, 0.1) is 5.92 Å². The lowest BCUT2D eigenvalue weighted by Crippen LogP contribution is -2.52. The van der Waals surface area contributed by atoms with E-state index in [0.29, 0.717) is 24.0 Å². The summed E-state index contributed by atoms with van der Waals surface area (Å²) in [7, 11) is 3.56. The van der Waals surface area contributed by atoms with Gasteiger partial charge >= 0.3 is 0 Å². The molecule has 2 atom stereocenters. The maximum atomic E-state index is 12.1. The molecule has 0 bridgehead atoms. The number of guanidine groups is 1. The number of rotatable bonds is 7. The van der Waals surface area contributed by atoms with Gasteiger partial charge in [0.05, 0.1) is 0 Å². The molecular weight excluding hydrogens is 527 g/mol. The molecular formula is C25H43IN6O. The number of amides is 1. The van der Waals surface area contributed by atoms with Crippen LogP contribution in [0.3, 0.4) is 0 Å². The number of halogens is 1. The molecule has 1 aromatic carbocycles. The first-order valence-electron chi connectivity index (χ1n) is 12.1. The van der Waals surface area contributed by atoms with Crippen LogP contribution < -0.4 is 10.6 Å². The summed E-state index contributed by atoms with van der Waals surface area (Å²) in [5.74, 6) is 1.35. The van der Waals surface area contributed by atoms with Crippen molar-refractivity contribution in [2.24, 2.45) is 10.9 Å². The molecule has 0 radical (unpaired) electrons. The van der Waals surface area contributed by atoms with Gasteiger partial charge in [0.1, 0.15) is 6.54 Å². The van der Waals surface area contributed by atoms with Crippen molar-refractivity contribution < 1.29 is 4.79 Å². The Bertz CT molecular complexity index is 749. The number of benzene rings is 1. The minimum atomic E-state index is 0. The van der Waals surface area contributed by atoms with Crippen LogP contribution in [0.5, 0.6) is 0 Å². The maximum absolute atomic E-state index is 12.1. The van der Waals surface area contributed by atoms with Crippen molar-refractivity contribution in [1.29, 1.82) is 0 Å². The van der Waals surface area contributed by atoms with Gasteiger partial charge in [0.25, 0.3) is 0 Å². The number of aliphatic imine (C=N–C) groups is 1. The van der Waals surface area contributed by atoms with Crippen LogP contribution in [0.2, 0.25) is 0 Å². The molecule has 2 heterocycles. The lowest BCUT2D eigenvalue weighted by molar-refractivity contribution is -0.127. The Hall–Kier alpha value is -1.39. The third kappa shape index (κ3) is 8.72. The van der Waals surface area contributed by atoms with E-state index in [9.17, 15) is 4.79 Å². The fourth-order valence-corrected chi connectivity index (χ4v) is 4.48. The van der Waals surface area contributed by atoms with Gasteiger partial charge in [-0.15, -0.1) is 24.0 Å². The van der Waals surface area contributed by atoms with E-state index in [0.717, 1.165) is 51.5 Å². The van der Waals surface area contributed by atoms with Crippen molar-refractivity contribution in [1.82, 2.24) is 25.3 Å². The van der Waals surface area contributed by atoms with Gasteiger partial charge in [-0.2, -0.15) is 0 Å². The highest BCUT2D eigenvalue weighted by Gasteiger charge is 2.32. The second-order valence-electron chi connectivity index (χ2n) is 9.91. The first-order chi connectivity index (χ1) is 15.3. The van der Waals surface area contributed by atoms with E-state index in [1.807, 2.05) is 0 Å². The summed E-state index contributed by atoms with van der Waals surface area (Å²) in [5.41, 5.74) is 1.37. The van der Waals surface area contributed by atoms with Gasteiger partial charge in [-0.1, -0.05) is 37.3 Å². The van der Waals surface area contributed by atoms with Crippen molar-refractivity contribution in [2.45, 2.75) is 58.3 Å². The monoisotopic (exact) mass is 570 g/mol. The van der Waals surface area contributed by atoms with Crippen LogP contribution >= 0.6 is 24.0 Å². The van der Waals surface area contributed by atoms with Crippen LogP contribution in [-0.4, -0.2) is 91.5 Å². The summed E-state index contributed by atoms with van der Waals surface area (Å²) in [6.45, 7) is 12.2.